The first-order chi connectivity index (χ1) is 18.4. The highest BCUT2D eigenvalue weighted by Crippen LogP contribution is 2.19. The Kier molecular flexibility index (Phi) is 16.2. The number of nitrogen functional groups attached to an aromatic ring is 1. The molecule has 0 amide bonds. The lowest BCUT2D eigenvalue weighted by Gasteiger charge is -2.02. The molecule has 0 aliphatic carbocycles. The number of allylic oxidation sites excluding steroid dienone is 3. The van der Waals surface area contributed by atoms with E-state index in [1.54, 1.807) is 18.5 Å². The van der Waals surface area contributed by atoms with Gasteiger partial charge in [-0.05, 0) is 68.9 Å². The predicted molar refractivity (Wildman–Crippen MR) is 170 cm³/mol. The first kappa shape index (κ1) is 32.0. The van der Waals surface area contributed by atoms with E-state index in [2.05, 4.69) is 105 Å². The summed E-state index contributed by atoms with van der Waals surface area (Å²) < 4.78 is 0. The van der Waals surface area contributed by atoms with Crippen LogP contribution in [0.25, 0.3) is 10.9 Å². The molecule has 0 aliphatic rings. The van der Waals surface area contributed by atoms with Crippen molar-refractivity contribution in [2.75, 3.05) is 5.73 Å². The molecule has 1 heterocycles. The number of aryl methyl sites for hydroxylation is 4. The Bertz CT molecular complexity index is 1250. The molecule has 3 nitrogen and oxygen atoms in total. The minimum absolute atomic E-state index is 0.799. The summed E-state index contributed by atoms with van der Waals surface area (Å²) in [6.07, 6.45) is 10.3. The lowest BCUT2D eigenvalue weighted by Crippen LogP contribution is -1.89. The van der Waals surface area contributed by atoms with Crippen LogP contribution in [0.4, 0.5) is 5.69 Å². The van der Waals surface area contributed by atoms with Gasteiger partial charge in [0, 0.05) is 29.2 Å². The standard InChI is InChI=1S/C11H12N2.C9H12.C8H10.C7H11N/c1-2-8-3-4-9-10(12)5-6-13-11(9)7-8;1-3-9-6-4-8(2)5-7-9;1-2-8-6-4-3-5-7-8;1-4-6-8-7(3)5-2/h3-7H,2H2,1H3,(H2,12,13);4-7H,3H2,1-2H3;3-7H,2H2,1H3;4-6H,1H2,2-3H3/b;;;7-5+,8-6?. The number of pyridine rings is 1. The lowest BCUT2D eigenvalue weighted by molar-refractivity contribution is 1.14. The molecule has 4 rings (SSSR count). The summed E-state index contributed by atoms with van der Waals surface area (Å²) in [7, 11) is 0. The fraction of sp³-hybridized carbons (Fsp3) is 0.257. The summed E-state index contributed by atoms with van der Waals surface area (Å²) in [6, 6.07) is 27.2. The summed E-state index contributed by atoms with van der Waals surface area (Å²) >= 11 is 0. The number of anilines is 1. The number of aliphatic imine (C=N–C) groups is 1. The second-order valence-corrected chi connectivity index (χ2v) is 8.73. The van der Waals surface area contributed by atoms with Crippen LogP contribution in [-0.4, -0.2) is 11.2 Å². The van der Waals surface area contributed by atoms with Crippen molar-refractivity contribution in [1.82, 2.24) is 4.98 Å². The fourth-order valence-corrected chi connectivity index (χ4v) is 3.22. The quantitative estimate of drug-likeness (QED) is 0.274. The molecule has 0 fully saturated rings. The van der Waals surface area contributed by atoms with Crippen molar-refractivity contribution in [2.24, 2.45) is 4.99 Å². The number of aromatic nitrogens is 1. The van der Waals surface area contributed by atoms with Gasteiger partial charge in [-0.25, -0.2) is 0 Å². The molecule has 1 aromatic heterocycles. The van der Waals surface area contributed by atoms with E-state index in [-0.39, 0.29) is 0 Å². The maximum Gasteiger partial charge on any atom is 0.0725 e. The van der Waals surface area contributed by atoms with Gasteiger partial charge in [-0.1, -0.05) is 112 Å². The van der Waals surface area contributed by atoms with Gasteiger partial charge >= 0.3 is 0 Å². The Morgan fingerprint density at radius 3 is 1.95 bits per heavy atom. The molecule has 200 valence electrons. The van der Waals surface area contributed by atoms with Crippen molar-refractivity contribution in [1.29, 1.82) is 0 Å². The van der Waals surface area contributed by atoms with Crippen molar-refractivity contribution in [3.05, 3.63) is 132 Å². The molecule has 0 bridgehead atoms. The summed E-state index contributed by atoms with van der Waals surface area (Å²) in [5, 5.41) is 1.04. The van der Waals surface area contributed by atoms with Gasteiger partial charge in [0.15, 0.2) is 0 Å². The average Bonchev–Trinajstić information content (AvgIpc) is 2.97. The van der Waals surface area contributed by atoms with Crippen molar-refractivity contribution in [3.8, 4) is 0 Å². The van der Waals surface area contributed by atoms with Crippen molar-refractivity contribution in [3.63, 3.8) is 0 Å². The highest BCUT2D eigenvalue weighted by atomic mass is 14.7. The van der Waals surface area contributed by atoms with E-state index >= 15 is 0 Å². The lowest BCUT2D eigenvalue weighted by atomic mass is 10.1. The van der Waals surface area contributed by atoms with Gasteiger partial charge in [-0.2, -0.15) is 0 Å². The Hall–Kier alpha value is -3.98. The zero-order valence-electron chi connectivity index (χ0n) is 24.1. The van der Waals surface area contributed by atoms with Crippen molar-refractivity contribution in [2.45, 2.75) is 60.8 Å². The third-order valence-electron chi connectivity index (χ3n) is 5.83. The third kappa shape index (κ3) is 12.8. The summed E-state index contributed by atoms with van der Waals surface area (Å²) in [4.78, 5) is 8.25. The Labute approximate surface area is 230 Å². The van der Waals surface area contributed by atoms with Crippen LogP contribution in [0.3, 0.4) is 0 Å². The Balaban J connectivity index is 0.000000260. The zero-order valence-corrected chi connectivity index (χ0v) is 24.1. The molecule has 3 aromatic carbocycles. The van der Waals surface area contributed by atoms with E-state index < -0.39 is 0 Å². The molecule has 0 atom stereocenters. The normalized spacial score (nSPS) is 10.4. The van der Waals surface area contributed by atoms with Gasteiger partial charge in [0.05, 0.1) is 5.52 Å². The molecular weight excluding hydrogens is 462 g/mol. The highest BCUT2D eigenvalue weighted by molar-refractivity contribution is 5.90. The molecule has 0 radical (unpaired) electrons. The Morgan fingerprint density at radius 1 is 0.842 bits per heavy atom. The largest absolute Gasteiger partial charge is 0.398 e. The van der Waals surface area contributed by atoms with Crippen LogP contribution in [-0.2, 0) is 19.3 Å². The van der Waals surface area contributed by atoms with Crippen molar-refractivity contribution < 1.29 is 0 Å². The SMILES string of the molecule is C=CC=N/C(C)=C/C.CCc1ccc(C)cc1.CCc1ccc2c(N)ccnc2c1.CCc1ccccc1. The van der Waals surface area contributed by atoms with Gasteiger partial charge in [0.1, 0.15) is 0 Å². The number of rotatable bonds is 5. The smallest absolute Gasteiger partial charge is 0.0725 e. The second-order valence-electron chi connectivity index (χ2n) is 8.73. The van der Waals surface area contributed by atoms with Crippen LogP contribution in [0.2, 0.25) is 0 Å². The maximum atomic E-state index is 5.81. The van der Waals surface area contributed by atoms with Gasteiger partial charge in [-0.15, -0.1) is 0 Å². The van der Waals surface area contributed by atoms with Gasteiger partial charge in [-0.3, -0.25) is 9.98 Å². The van der Waals surface area contributed by atoms with Crippen LogP contribution in [0, 0.1) is 6.92 Å². The van der Waals surface area contributed by atoms with E-state index in [9.17, 15) is 0 Å². The number of fused-ring (bicyclic) bond motifs is 1. The third-order valence-corrected chi connectivity index (χ3v) is 5.83. The maximum absolute atomic E-state index is 5.81. The van der Waals surface area contributed by atoms with E-state index in [1.807, 2.05) is 38.1 Å². The van der Waals surface area contributed by atoms with Crippen LogP contribution >= 0.6 is 0 Å². The molecule has 2 N–H and O–H groups in total. The molecule has 0 saturated heterocycles. The number of hydrogen-bond donors (Lipinski definition) is 1. The highest BCUT2D eigenvalue weighted by Gasteiger charge is 1.98. The van der Waals surface area contributed by atoms with Crippen molar-refractivity contribution >= 4 is 22.8 Å². The summed E-state index contributed by atoms with van der Waals surface area (Å²) in [5.74, 6) is 0. The molecule has 38 heavy (non-hydrogen) atoms. The van der Waals surface area contributed by atoms with Crippen LogP contribution in [0.5, 0.6) is 0 Å². The van der Waals surface area contributed by atoms with Gasteiger partial charge in [0.25, 0.3) is 0 Å². The molecule has 3 heteroatoms. The first-order valence-electron chi connectivity index (χ1n) is 13.4. The number of hydrogen-bond acceptors (Lipinski definition) is 3. The van der Waals surface area contributed by atoms with Crippen LogP contribution < -0.4 is 5.73 Å². The number of nitrogens with two attached hydrogens (primary N) is 1. The zero-order chi connectivity index (χ0) is 28.2. The molecule has 0 unspecified atom stereocenters. The average molecular weight is 508 g/mol. The second kappa shape index (κ2) is 19.2. The van der Waals surface area contributed by atoms with Gasteiger partial charge in [0.2, 0.25) is 0 Å². The number of benzene rings is 3. The monoisotopic (exact) mass is 507 g/mol. The molecule has 0 spiro atoms. The molecule has 0 saturated carbocycles. The van der Waals surface area contributed by atoms with Crippen LogP contribution in [0.1, 0.15) is 56.9 Å². The predicted octanol–water partition coefficient (Wildman–Crippen LogP) is 9.35. The Morgan fingerprint density at radius 2 is 1.42 bits per heavy atom. The fourth-order valence-electron chi connectivity index (χ4n) is 3.22. The molecule has 4 aromatic rings. The van der Waals surface area contributed by atoms with Gasteiger partial charge < -0.3 is 5.73 Å². The first-order valence-corrected chi connectivity index (χ1v) is 13.4. The minimum atomic E-state index is 0.799. The summed E-state index contributed by atoms with van der Waals surface area (Å²) in [6.45, 7) is 16.0. The number of nitrogens with zero attached hydrogens (tertiary/aromatic N) is 2. The minimum Gasteiger partial charge on any atom is -0.398 e. The topological polar surface area (TPSA) is 51.3 Å². The van der Waals surface area contributed by atoms with E-state index in [1.165, 1.54) is 22.3 Å². The van der Waals surface area contributed by atoms with Crippen LogP contribution in [0.15, 0.2) is 114 Å². The van der Waals surface area contributed by atoms with E-state index in [4.69, 9.17) is 5.73 Å². The molecular formula is C35H45N3. The van der Waals surface area contributed by atoms with E-state index in [0.717, 1.165) is 41.5 Å². The molecule has 0 aliphatic heterocycles. The summed E-state index contributed by atoms with van der Waals surface area (Å²) in [5.41, 5.74) is 14.1. The van der Waals surface area contributed by atoms with E-state index in [0.29, 0.717) is 0 Å².